The van der Waals surface area contributed by atoms with Crippen molar-refractivity contribution in [1.82, 2.24) is 10.2 Å². The molecule has 1 aromatic carbocycles. The molecule has 0 saturated carbocycles. The van der Waals surface area contributed by atoms with Gasteiger partial charge in [-0.1, -0.05) is 0 Å². The molecule has 1 amide bonds. The van der Waals surface area contributed by atoms with Crippen molar-refractivity contribution >= 4 is 5.91 Å². The number of hydrogen-bond donors (Lipinski definition) is 1. The number of piperidine rings is 1. The van der Waals surface area contributed by atoms with Crippen LogP contribution < -0.4 is 5.32 Å². The molecule has 1 aromatic rings. The van der Waals surface area contributed by atoms with Gasteiger partial charge in [0.2, 0.25) is 0 Å². The van der Waals surface area contributed by atoms with Crippen LogP contribution in [0.1, 0.15) is 23.2 Å². The normalized spacial score (nSPS) is 19.6. The van der Waals surface area contributed by atoms with Gasteiger partial charge in [0, 0.05) is 24.7 Å². The minimum absolute atomic E-state index is 0.159. The monoisotopic (exact) mass is 272 g/mol. The molecule has 0 radical (unpaired) electrons. The van der Waals surface area contributed by atoms with Gasteiger partial charge in [0.25, 0.3) is 5.91 Å². The quantitative estimate of drug-likeness (QED) is 0.834. The topological polar surface area (TPSA) is 32.3 Å². The Morgan fingerprint density at radius 2 is 1.95 bits per heavy atom. The van der Waals surface area contributed by atoms with Crippen LogP contribution in [0, 0.1) is 17.5 Å². The van der Waals surface area contributed by atoms with Gasteiger partial charge in [-0.2, -0.15) is 0 Å². The molecule has 0 bridgehead atoms. The smallest absolute Gasteiger partial charge is 0.254 e. The fourth-order valence-corrected chi connectivity index (χ4v) is 2.26. The molecule has 1 atom stereocenters. The summed E-state index contributed by atoms with van der Waals surface area (Å²) in [5.74, 6) is -4.71. The molecule has 2 rings (SSSR count). The van der Waals surface area contributed by atoms with Crippen molar-refractivity contribution in [3.05, 3.63) is 35.1 Å². The van der Waals surface area contributed by atoms with Crippen molar-refractivity contribution in [2.75, 3.05) is 20.1 Å². The highest BCUT2D eigenvalue weighted by Gasteiger charge is 2.25. The first-order chi connectivity index (χ1) is 9.02. The number of benzene rings is 1. The maximum Gasteiger partial charge on any atom is 0.254 e. The average Bonchev–Trinajstić information content (AvgIpc) is 2.43. The van der Waals surface area contributed by atoms with E-state index in [1.54, 1.807) is 7.05 Å². The summed E-state index contributed by atoms with van der Waals surface area (Å²) >= 11 is 0. The van der Waals surface area contributed by atoms with Crippen LogP contribution in [0.25, 0.3) is 0 Å². The number of carbonyl (C=O) groups is 1. The van der Waals surface area contributed by atoms with E-state index in [1.807, 2.05) is 0 Å². The lowest BCUT2D eigenvalue weighted by Crippen LogP contribution is -2.47. The molecule has 0 aromatic heterocycles. The largest absolute Gasteiger partial charge is 0.337 e. The minimum atomic E-state index is -1.55. The van der Waals surface area contributed by atoms with Crippen LogP contribution in [0.3, 0.4) is 0 Å². The Hall–Kier alpha value is -1.56. The molecule has 0 unspecified atom stereocenters. The van der Waals surface area contributed by atoms with Crippen molar-refractivity contribution in [2.24, 2.45) is 0 Å². The van der Waals surface area contributed by atoms with Crippen molar-refractivity contribution in [3.63, 3.8) is 0 Å². The standard InChI is InChI=1S/C13H15F3N2O/c1-17-9-3-2-4-18(7-9)13(19)8-5-10(14)12(16)11(15)6-8/h5-6,9,17H,2-4,7H2,1H3/t9-/m1/s1. The van der Waals surface area contributed by atoms with E-state index in [0.717, 1.165) is 25.0 Å². The zero-order valence-corrected chi connectivity index (χ0v) is 10.5. The first kappa shape index (κ1) is 13.9. The van der Waals surface area contributed by atoms with E-state index in [2.05, 4.69) is 5.32 Å². The second-order valence-corrected chi connectivity index (χ2v) is 4.63. The zero-order chi connectivity index (χ0) is 14.0. The predicted octanol–water partition coefficient (Wildman–Crippen LogP) is 1.93. The fourth-order valence-electron chi connectivity index (χ4n) is 2.26. The Morgan fingerprint density at radius 3 is 2.53 bits per heavy atom. The van der Waals surface area contributed by atoms with Crippen LogP contribution in [0.2, 0.25) is 0 Å². The number of halogens is 3. The lowest BCUT2D eigenvalue weighted by atomic mass is 10.0. The third-order valence-electron chi connectivity index (χ3n) is 3.35. The molecule has 1 saturated heterocycles. The lowest BCUT2D eigenvalue weighted by Gasteiger charge is -2.32. The minimum Gasteiger partial charge on any atom is -0.337 e. The molecule has 0 aliphatic carbocycles. The van der Waals surface area contributed by atoms with E-state index in [0.29, 0.717) is 13.1 Å². The first-order valence-corrected chi connectivity index (χ1v) is 6.14. The summed E-state index contributed by atoms with van der Waals surface area (Å²) in [6.45, 7) is 1.02. The molecule has 0 spiro atoms. The molecule has 1 fully saturated rings. The van der Waals surface area contributed by atoms with Crippen LogP contribution >= 0.6 is 0 Å². The Morgan fingerprint density at radius 1 is 1.32 bits per heavy atom. The summed E-state index contributed by atoms with van der Waals surface area (Å²) in [7, 11) is 1.80. The molecule has 1 aliphatic rings. The molecule has 6 heteroatoms. The van der Waals surface area contributed by atoms with Gasteiger partial charge < -0.3 is 10.2 Å². The maximum atomic E-state index is 13.1. The number of carbonyl (C=O) groups excluding carboxylic acids is 1. The van der Waals surface area contributed by atoms with Gasteiger partial charge in [-0.25, -0.2) is 13.2 Å². The van der Waals surface area contributed by atoms with Gasteiger partial charge in [-0.15, -0.1) is 0 Å². The van der Waals surface area contributed by atoms with Crippen LogP contribution in [-0.4, -0.2) is 37.0 Å². The van der Waals surface area contributed by atoms with Crippen molar-refractivity contribution < 1.29 is 18.0 Å². The van der Waals surface area contributed by atoms with Crippen LogP contribution in [0.4, 0.5) is 13.2 Å². The van der Waals surface area contributed by atoms with Crippen LogP contribution in [0.5, 0.6) is 0 Å². The summed E-state index contributed by atoms with van der Waals surface area (Å²) in [6.07, 6.45) is 1.77. The molecule has 1 N–H and O–H groups in total. The second kappa shape index (κ2) is 5.61. The van der Waals surface area contributed by atoms with E-state index in [1.165, 1.54) is 4.90 Å². The zero-order valence-electron chi connectivity index (χ0n) is 10.5. The van der Waals surface area contributed by atoms with E-state index < -0.39 is 23.4 Å². The molecular formula is C13H15F3N2O. The summed E-state index contributed by atoms with van der Waals surface area (Å²) < 4.78 is 39.1. The van der Waals surface area contributed by atoms with E-state index in [-0.39, 0.29) is 11.6 Å². The van der Waals surface area contributed by atoms with Gasteiger partial charge in [0.1, 0.15) is 0 Å². The second-order valence-electron chi connectivity index (χ2n) is 4.63. The van der Waals surface area contributed by atoms with E-state index in [9.17, 15) is 18.0 Å². The summed E-state index contributed by atoms with van der Waals surface area (Å²) in [4.78, 5) is 13.6. The van der Waals surface area contributed by atoms with E-state index in [4.69, 9.17) is 0 Å². The first-order valence-electron chi connectivity index (χ1n) is 6.14. The van der Waals surface area contributed by atoms with Crippen molar-refractivity contribution in [1.29, 1.82) is 0 Å². The molecular weight excluding hydrogens is 257 g/mol. The predicted molar refractivity (Wildman–Crippen MR) is 64.3 cm³/mol. The van der Waals surface area contributed by atoms with Crippen LogP contribution in [-0.2, 0) is 0 Å². The highest BCUT2D eigenvalue weighted by atomic mass is 19.2. The van der Waals surface area contributed by atoms with E-state index >= 15 is 0 Å². The number of nitrogens with one attached hydrogen (secondary N) is 1. The molecule has 19 heavy (non-hydrogen) atoms. The highest BCUT2D eigenvalue weighted by molar-refractivity contribution is 5.94. The summed E-state index contributed by atoms with van der Waals surface area (Å²) in [5, 5.41) is 3.07. The maximum absolute atomic E-state index is 13.1. The number of rotatable bonds is 2. The number of likely N-dealkylation sites (tertiary alicyclic amines) is 1. The Bertz CT molecular complexity index is 470. The van der Waals surface area contributed by atoms with Gasteiger partial charge in [0.05, 0.1) is 0 Å². The molecule has 3 nitrogen and oxygen atoms in total. The third kappa shape index (κ3) is 2.89. The number of likely N-dealkylation sites (N-methyl/N-ethyl adjacent to an activating group) is 1. The SMILES string of the molecule is CN[C@@H]1CCCN(C(=O)c2cc(F)c(F)c(F)c2)C1. The van der Waals surface area contributed by atoms with Crippen molar-refractivity contribution in [3.8, 4) is 0 Å². The Labute approximate surface area is 109 Å². The third-order valence-corrected chi connectivity index (χ3v) is 3.35. The fraction of sp³-hybridized carbons (Fsp3) is 0.462. The van der Waals surface area contributed by atoms with Crippen molar-refractivity contribution in [2.45, 2.75) is 18.9 Å². The lowest BCUT2D eigenvalue weighted by molar-refractivity contribution is 0.0697. The summed E-state index contributed by atoms with van der Waals surface area (Å²) in [6, 6.07) is 1.65. The number of hydrogen-bond acceptors (Lipinski definition) is 2. The molecule has 104 valence electrons. The summed E-state index contributed by atoms with van der Waals surface area (Å²) in [5.41, 5.74) is -0.159. The molecule has 1 aliphatic heterocycles. The number of nitrogens with zero attached hydrogens (tertiary/aromatic N) is 1. The van der Waals surface area contributed by atoms with Gasteiger partial charge in [0.15, 0.2) is 17.5 Å². The van der Waals surface area contributed by atoms with Gasteiger partial charge in [-0.05, 0) is 32.0 Å². The highest BCUT2D eigenvalue weighted by Crippen LogP contribution is 2.18. The molecule has 1 heterocycles. The average molecular weight is 272 g/mol. The van der Waals surface area contributed by atoms with Crippen LogP contribution in [0.15, 0.2) is 12.1 Å². The Kier molecular flexibility index (Phi) is 4.09. The van der Waals surface area contributed by atoms with Gasteiger partial charge >= 0.3 is 0 Å². The number of amides is 1. The van der Waals surface area contributed by atoms with Gasteiger partial charge in [-0.3, -0.25) is 4.79 Å². The Balaban J connectivity index is 2.19.